The van der Waals surface area contributed by atoms with Gasteiger partial charge in [0.2, 0.25) is 5.91 Å². The average molecular weight is 272 g/mol. The fourth-order valence-electron chi connectivity index (χ4n) is 2.03. The summed E-state index contributed by atoms with van der Waals surface area (Å²) in [5, 5.41) is 7.36. The lowest BCUT2D eigenvalue weighted by molar-refractivity contribution is -0.118. The summed E-state index contributed by atoms with van der Waals surface area (Å²) in [6, 6.07) is 9.70. The molecule has 106 valence electrons. The molecule has 1 heterocycles. The molecule has 5 heteroatoms. The van der Waals surface area contributed by atoms with E-state index < -0.39 is 0 Å². The first kappa shape index (κ1) is 14.1. The third kappa shape index (κ3) is 3.60. The van der Waals surface area contributed by atoms with Crippen molar-refractivity contribution in [2.24, 2.45) is 7.05 Å². The SMILES string of the molecule is CC(CC(=O)N(C)c1ccccc1)Nc1cnn(C)c1. The van der Waals surface area contributed by atoms with Gasteiger partial charge in [-0.15, -0.1) is 0 Å². The summed E-state index contributed by atoms with van der Waals surface area (Å²) in [4.78, 5) is 13.9. The Kier molecular flexibility index (Phi) is 4.40. The molecular formula is C15H20N4O. The molecule has 2 aromatic rings. The highest BCUT2D eigenvalue weighted by atomic mass is 16.2. The molecule has 1 amide bonds. The standard InChI is InChI=1S/C15H20N4O/c1-12(17-13-10-16-18(2)11-13)9-15(20)19(3)14-7-5-4-6-8-14/h4-8,10-12,17H,9H2,1-3H3. The first-order chi connectivity index (χ1) is 9.56. The quantitative estimate of drug-likeness (QED) is 0.908. The van der Waals surface area contributed by atoms with Crippen molar-refractivity contribution in [1.82, 2.24) is 9.78 Å². The van der Waals surface area contributed by atoms with Gasteiger partial charge in [-0.1, -0.05) is 18.2 Å². The van der Waals surface area contributed by atoms with Crippen LogP contribution >= 0.6 is 0 Å². The summed E-state index contributed by atoms with van der Waals surface area (Å²) in [5.74, 6) is 0.0834. The Morgan fingerprint density at radius 2 is 2.10 bits per heavy atom. The van der Waals surface area contributed by atoms with Crippen LogP contribution in [-0.4, -0.2) is 28.8 Å². The van der Waals surface area contributed by atoms with Crippen LogP contribution in [0.2, 0.25) is 0 Å². The largest absolute Gasteiger partial charge is 0.380 e. The lowest BCUT2D eigenvalue weighted by Gasteiger charge is -2.20. The number of benzene rings is 1. The number of aromatic nitrogens is 2. The second-order valence-corrected chi connectivity index (χ2v) is 4.94. The summed E-state index contributed by atoms with van der Waals surface area (Å²) < 4.78 is 1.73. The van der Waals surface area contributed by atoms with Crippen LogP contribution in [0.1, 0.15) is 13.3 Å². The summed E-state index contributed by atoms with van der Waals surface area (Å²) >= 11 is 0. The van der Waals surface area contributed by atoms with Gasteiger partial charge < -0.3 is 10.2 Å². The van der Waals surface area contributed by atoms with E-state index in [1.54, 1.807) is 22.8 Å². The van der Waals surface area contributed by atoms with Crippen LogP contribution < -0.4 is 10.2 Å². The van der Waals surface area contributed by atoms with E-state index in [0.717, 1.165) is 11.4 Å². The van der Waals surface area contributed by atoms with Gasteiger partial charge in [-0.3, -0.25) is 9.48 Å². The van der Waals surface area contributed by atoms with Crippen molar-refractivity contribution in [2.75, 3.05) is 17.3 Å². The second-order valence-electron chi connectivity index (χ2n) is 4.94. The van der Waals surface area contributed by atoms with E-state index in [9.17, 15) is 4.79 Å². The topological polar surface area (TPSA) is 50.2 Å². The zero-order valence-corrected chi connectivity index (χ0v) is 12.1. The molecule has 0 radical (unpaired) electrons. The zero-order chi connectivity index (χ0) is 14.5. The average Bonchev–Trinajstić information content (AvgIpc) is 2.84. The Labute approximate surface area is 119 Å². The normalized spacial score (nSPS) is 11.9. The number of para-hydroxylation sites is 1. The van der Waals surface area contributed by atoms with E-state index in [1.807, 2.05) is 50.5 Å². The smallest absolute Gasteiger partial charge is 0.228 e. The van der Waals surface area contributed by atoms with Crippen LogP contribution in [0.3, 0.4) is 0 Å². The Morgan fingerprint density at radius 3 is 2.70 bits per heavy atom. The van der Waals surface area contributed by atoms with Gasteiger partial charge in [-0.05, 0) is 19.1 Å². The fraction of sp³-hybridized carbons (Fsp3) is 0.333. The summed E-state index contributed by atoms with van der Waals surface area (Å²) in [6.45, 7) is 1.99. The highest BCUT2D eigenvalue weighted by Crippen LogP contribution is 2.14. The molecular weight excluding hydrogens is 252 g/mol. The number of nitrogens with one attached hydrogen (secondary N) is 1. The molecule has 1 aromatic carbocycles. The van der Waals surface area contributed by atoms with E-state index in [2.05, 4.69) is 10.4 Å². The third-order valence-electron chi connectivity index (χ3n) is 3.12. The molecule has 2 rings (SSSR count). The van der Waals surface area contributed by atoms with Gasteiger partial charge in [0.15, 0.2) is 0 Å². The van der Waals surface area contributed by atoms with Crippen LogP contribution in [0.15, 0.2) is 42.7 Å². The molecule has 0 aliphatic rings. The Hall–Kier alpha value is -2.30. The van der Waals surface area contributed by atoms with Gasteiger partial charge in [0.05, 0.1) is 11.9 Å². The number of amides is 1. The summed E-state index contributed by atoms with van der Waals surface area (Å²) in [7, 11) is 3.67. The van der Waals surface area contributed by atoms with E-state index in [0.29, 0.717) is 6.42 Å². The molecule has 0 bridgehead atoms. The molecule has 0 aliphatic heterocycles. The van der Waals surface area contributed by atoms with Crippen molar-refractivity contribution < 1.29 is 4.79 Å². The summed E-state index contributed by atoms with van der Waals surface area (Å²) in [5.41, 5.74) is 1.83. The minimum atomic E-state index is 0.0536. The Bertz CT molecular complexity index is 564. The summed E-state index contributed by atoms with van der Waals surface area (Å²) in [6.07, 6.45) is 4.07. The lowest BCUT2D eigenvalue weighted by Crippen LogP contribution is -2.31. The molecule has 20 heavy (non-hydrogen) atoms. The molecule has 0 fully saturated rings. The number of hydrogen-bond donors (Lipinski definition) is 1. The Morgan fingerprint density at radius 1 is 1.40 bits per heavy atom. The van der Waals surface area contributed by atoms with Crippen molar-refractivity contribution >= 4 is 17.3 Å². The first-order valence-electron chi connectivity index (χ1n) is 6.63. The van der Waals surface area contributed by atoms with Crippen LogP contribution in [-0.2, 0) is 11.8 Å². The maximum atomic E-state index is 12.2. The maximum absolute atomic E-state index is 12.2. The van der Waals surface area contributed by atoms with Crippen molar-refractivity contribution in [2.45, 2.75) is 19.4 Å². The minimum Gasteiger partial charge on any atom is -0.380 e. The third-order valence-corrected chi connectivity index (χ3v) is 3.12. The molecule has 5 nitrogen and oxygen atoms in total. The number of anilines is 2. The van der Waals surface area contributed by atoms with E-state index in [1.165, 1.54) is 0 Å². The van der Waals surface area contributed by atoms with Gasteiger partial charge in [0.25, 0.3) is 0 Å². The van der Waals surface area contributed by atoms with Crippen molar-refractivity contribution in [3.63, 3.8) is 0 Å². The minimum absolute atomic E-state index is 0.0536. The molecule has 1 unspecified atom stereocenters. The van der Waals surface area contributed by atoms with Crippen LogP contribution in [0.4, 0.5) is 11.4 Å². The van der Waals surface area contributed by atoms with Crippen LogP contribution in [0.25, 0.3) is 0 Å². The lowest BCUT2D eigenvalue weighted by atomic mass is 10.2. The number of nitrogens with zero attached hydrogens (tertiary/aromatic N) is 3. The molecule has 0 saturated carbocycles. The number of carbonyl (C=O) groups excluding carboxylic acids is 1. The maximum Gasteiger partial charge on any atom is 0.228 e. The van der Waals surface area contributed by atoms with Gasteiger partial charge in [0.1, 0.15) is 0 Å². The second kappa shape index (κ2) is 6.23. The van der Waals surface area contributed by atoms with Crippen molar-refractivity contribution in [3.05, 3.63) is 42.7 Å². The molecule has 1 aromatic heterocycles. The Balaban J connectivity index is 1.90. The molecule has 1 N–H and O–H groups in total. The van der Waals surface area contributed by atoms with Gasteiger partial charge in [-0.25, -0.2) is 0 Å². The monoisotopic (exact) mass is 272 g/mol. The predicted molar refractivity (Wildman–Crippen MR) is 80.8 cm³/mol. The van der Waals surface area contributed by atoms with Gasteiger partial charge in [-0.2, -0.15) is 5.10 Å². The van der Waals surface area contributed by atoms with Gasteiger partial charge in [0, 0.05) is 38.4 Å². The molecule has 1 atom stereocenters. The fourth-order valence-corrected chi connectivity index (χ4v) is 2.03. The predicted octanol–water partition coefficient (Wildman–Crippen LogP) is 2.27. The number of carbonyl (C=O) groups is 1. The van der Waals surface area contributed by atoms with E-state index in [-0.39, 0.29) is 11.9 Å². The zero-order valence-electron chi connectivity index (χ0n) is 12.1. The number of hydrogen-bond acceptors (Lipinski definition) is 3. The van der Waals surface area contributed by atoms with E-state index in [4.69, 9.17) is 0 Å². The highest BCUT2D eigenvalue weighted by Gasteiger charge is 2.14. The molecule has 0 saturated heterocycles. The highest BCUT2D eigenvalue weighted by molar-refractivity contribution is 5.93. The van der Waals surface area contributed by atoms with Crippen LogP contribution in [0, 0.1) is 0 Å². The molecule has 0 aliphatic carbocycles. The van der Waals surface area contributed by atoms with Crippen molar-refractivity contribution in [3.8, 4) is 0 Å². The van der Waals surface area contributed by atoms with E-state index >= 15 is 0 Å². The van der Waals surface area contributed by atoms with Gasteiger partial charge >= 0.3 is 0 Å². The van der Waals surface area contributed by atoms with Crippen molar-refractivity contribution in [1.29, 1.82) is 0 Å². The first-order valence-corrected chi connectivity index (χ1v) is 6.63. The number of rotatable bonds is 5. The molecule has 0 spiro atoms. The number of aryl methyl sites for hydroxylation is 1. The van der Waals surface area contributed by atoms with Crippen LogP contribution in [0.5, 0.6) is 0 Å².